The Morgan fingerprint density at radius 3 is 0.620 bits per heavy atom. The molecule has 100 heavy (non-hydrogen) atoms. The lowest BCUT2D eigenvalue weighted by Crippen LogP contribution is -2.04. The third kappa shape index (κ3) is 12.9. The van der Waals surface area contributed by atoms with Gasteiger partial charge < -0.3 is 0 Å². The first kappa shape index (κ1) is 61.7. The first-order chi connectivity index (χ1) is 49.4. The normalized spacial score (nSPS) is 11.1. The van der Waals surface area contributed by atoms with Gasteiger partial charge in [-0.2, -0.15) is 0 Å². The summed E-state index contributed by atoms with van der Waals surface area (Å²) in [4.78, 5) is 31.7. The summed E-state index contributed by atoms with van der Waals surface area (Å²) < 4.78 is 0. The van der Waals surface area contributed by atoms with Gasteiger partial charge in [-0.3, -0.25) is 9.59 Å². The molecule has 0 aliphatic rings. The van der Waals surface area contributed by atoms with E-state index in [2.05, 4.69) is 309 Å². The minimum absolute atomic E-state index is 0.0572. The summed E-state index contributed by atoms with van der Waals surface area (Å²) in [5.41, 5.74) is 28.7. The Morgan fingerprint density at radius 1 is 0.120 bits per heavy atom. The van der Waals surface area contributed by atoms with Gasteiger partial charge >= 0.3 is 0 Å². The number of benzene rings is 16. The van der Waals surface area contributed by atoms with Crippen molar-refractivity contribution in [1.82, 2.24) is 0 Å². The molecular formula is C98H66O2. The van der Waals surface area contributed by atoms with E-state index in [-0.39, 0.29) is 11.6 Å². The Morgan fingerprint density at radius 2 is 0.310 bits per heavy atom. The largest absolute Gasteiger partial charge is 0.289 e. The molecule has 0 heterocycles. The van der Waals surface area contributed by atoms with E-state index in [1.807, 2.05) is 91.0 Å². The van der Waals surface area contributed by atoms with Crippen molar-refractivity contribution in [2.45, 2.75) is 0 Å². The van der Waals surface area contributed by atoms with E-state index in [4.69, 9.17) is 0 Å². The molecule has 0 unspecified atom stereocenters. The topological polar surface area (TPSA) is 34.1 Å². The standard InChI is InChI=1S/C98H66O2/c99-97(85-56-77(67-29-8-1-9-30-67)54-78(57-85)68-31-10-2-11-32-68)86-58-79(69-33-12-3-13-34-69)55-80(59-86)75-44-28-43-74(53-75)76-51-52-95(96(66-76)73-41-20-7-21-42-73)84-61-83(94-50-27-24-47-91(94)72-39-18-6-19-40-72)64-88(65-84)98(100)87-62-81(92-48-25-22-45-89(92)70-35-14-4-15-36-70)60-82(63-87)93-49-26-23-46-90(93)71-37-16-5-17-38-71/h1-66H. The molecule has 0 atom stereocenters. The van der Waals surface area contributed by atoms with Crippen LogP contribution in [0.4, 0.5) is 0 Å². The van der Waals surface area contributed by atoms with E-state index in [9.17, 15) is 0 Å². The highest BCUT2D eigenvalue weighted by atomic mass is 16.1. The van der Waals surface area contributed by atoms with Crippen molar-refractivity contribution in [2.75, 3.05) is 0 Å². The van der Waals surface area contributed by atoms with Crippen molar-refractivity contribution < 1.29 is 9.59 Å². The molecule has 0 spiro atoms. The van der Waals surface area contributed by atoms with Gasteiger partial charge in [-0.1, -0.05) is 315 Å². The van der Waals surface area contributed by atoms with Crippen LogP contribution in [0.2, 0.25) is 0 Å². The van der Waals surface area contributed by atoms with E-state index >= 15 is 9.59 Å². The average Bonchev–Trinajstić information content (AvgIpc) is 0.768. The summed E-state index contributed by atoms with van der Waals surface area (Å²) in [6.07, 6.45) is 0. The third-order valence-corrected chi connectivity index (χ3v) is 19.0. The lowest BCUT2D eigenvalue weighted by Gasteiger charge is -2.18. The molecule has 0 amide bonds. The van der Waals surface area contributed by atoms with Crippen LogP contribution < -0.4 is 0 Å². The lowest BCUT2D eigenvalue weighted by molar-refractivity contribution is 0.103. The van der Waals surface area contributed by atoms with Crippen LogP contribution in [0.25, 0.3) is 145 Å². The molecule has 16 rings (SSSR count). The SMILES string of the molecule is O=C(c1cc(-c2ccccc2)cc(-c2ccccc2)c1)c1cc(-c2ccccc2)cc(-c2cccc(-c3ccc(-c4cc(C(=O)c5cc(-c6ccccc6-c6ccccc6)cc(-c6ccccc6-c6ccccc6)c5)cc(-c5ccccc5-c5ccccc5)c4)c(-c4ccccc4)c3)c2)c1. The molecule has 2 nitrogen and oxygen atoms in total. The van der Waals surface area contributed by atoms with Crippen LogP contribution in [0.1, 0.15) is 31.8 Å². The Bertz CT molecular complexity index is 5490. The van der Waals surface area contributed by atoms with Crippen LogP contribution >= 0.6 is 0 Å². The number of ketones is 2. The van der Waals surface area contributed by atoms with Crippen molar-refractivity contribution in [3.8, 4) is 145 Å². The molecule has 0 saturated carbocycles. The summed E-state index contributed by atoms with van der Waals surface area (Å²) >= 11 is 0. The maximum absolute atomic E-state index is 16.3. The van der Waals surface area contributed by atoms with Gasteiger partial charge in [0.25, 0.3) is 0 Å². The number of rotatable bonds is 17. The second kappa shape index (κ2) is 27.9. The molecule has 470 valence electrons. The first-order valence-electron chi connectivity index (χ1n) is 34.0. The molecule has 0 bridgehead atoms. The van der Waals surface area contributed by atoms with Crippen molar-refractivity contribution in [3.63, 3.8) is 0 Å². The third-order valence-electron chi connectivity index (χ3n) is 19.0. The zero-order valence-corrected chi connectivity index (χ0v) is 54.9. The summed E-state index contributed by atoms with van der Waals surface area (Å²) in [5, 5.41) is 0. The van der Waals surface area contributed by atoms with Gasteiger partial charge in [-0.25, -0.2) is 0 Å². The molecule has 0 aliphatic carbocycles. The molecule has 0 radical (unpaired) electrons. The molecule has 0 aromatic heterocycles. The Hall–Kier alpha value is -13.1. The Balaban J connectivity index is 0.840. The second-order valence-electron chi connectivity index (χ2n) is 25.4. The molecule has 2 heteroatoms. The highest BCUT2D eigenvalue weighted by molar-refractivity contribution is 6.13. The van der Waals surface area contributed by atoms with E-state index in [0.29, 0.717) is 22.3 Å². The van der Waals surface area contributed by atoms with Gasteiger partial charge in [-0.05, 0) is 230 Å². The second-order valence-corrected chi connectivity index (χ2v) is 25.4. The minimum Gasteiger partial charge on any atom is -0.289 e. The fourth-order valence-corrected chi connectivity index (χ4v) is 14.1. The van der Waals surface area contributed by atoms with Gasteiger partial charge in [0.1, 0.15) is 0 Å². The molecule has 0 saturated heterocycles. The Kier molecular flexibility index (Phi) is 17.2. The molecule has 0 N–H and O–H groups in total. The Labute approximate surface area is 584 Å². The zero-order chi connectivity index (χ0) is 67.1. The van der Waals surface area contributed by atoms with Gasteiger partial charge in [0.05, 0.1) is 0 Å². The molecule has 0 aliphatic heterocycles. The molecule has 0 fully saturated rings. The fourth-order valence-electron chi connectivity index (χ4n) is 14.1. The summed E-state index contributed by atoms with van der Waals surface area (Å²) in [6, 6.07) is 139. The van der Waals surface area contributed by atoms with Crippen LogP contribution in [0, 0.1) is 0 Å². The van der Waals surface area contributed by atoms with Crippen molar-refractivity contribution in [3.05, 3.63) is 423 Å². The minimum atomic E-state index is -0.0914. The smallest absolute Gasteiger partial charge is 0.193 e. The van der Waals surface area contributed by atoms with E-state index in [1.54, 1.807) is 0 Å². The van der Waals surface area contributed by atoms with Gasteiger partial charge in [0.2, 0.25) is 0 Å². The van der Waals surface area contributed by atoms with E-state index in [1.165, 1.54) is 0 Å². The predicted octanol–water partition coefficient (Wildman–Crippen LogP) is 25.8. The number of hydrogen-bond donors (Lipinski definition) is 0. The van der Waals surface area contributed by atoms with Gasteiger partial charge in [0, 0.05) is 22.3 Å². The quantitative estimate of drug-likeness (QED) is 0.0852. The van der Waals surface area contributed by atoms with Crippen molar-refractivity contribution >= 4 is 11.6 Å². The van der Waals surface area contributed by atoms with Crippen molar-refractivity contribution in [2.24, 2.45) is 0 Å². The van der Waals surface area contributed by atoms with E-state index in [0.717, 1.165) is 145 Å². The molecule has 16 aromatic carbocycles. The van der Waals surface area contributed by atoms with E-state index < -0.39 is 0 Å². The first-order valence-corrected chi connectivity index (χ1v) is 34.0. The monoisotopic (exact) mass is 1270 g/mol. The van der Waals surface area contributed by atoms with Crippen LogP contribution in [-0.4, -0.2) is 11.6 Å². The van der Waals surface area contributed by atoms with Crippen LogP contribution in [-0.2, 0) is 0 Å². The zero-order valence-electron chi connectivity index (χ0n) is 54.9. The summed E-state index contributed by atoms with van der Waals surface area (Å²) in [6.45, 7) is 0. The van der Waals surface area contributed by atoms with Crippen LogP contribution in [0.3, 0.4) is 0 Å². The highest BCUT2D eigenvalue weighted by Gasteiger charge is 2.23. The highest BCUT2D eigenvalue weighted by Crippen LogP contribution is 2.44. The fraction of sp³-hybridized carbons (Fsp3) is 0. The number of hydrogen-bond acceptors (Lipinski definition) is 2. The number of carbonyl (C=O) groups is 2. The maximum atomic E-state index is 16.3. The van der Waals surface area contributed by atoms with Crippen molar-refractivity contribution in [1.29, 1.82) is 0 Å². The average molecular weight is 1280 g/mol. The van der Waals surface area contributed by atoms with Gasteiger partial charge in [0.15, 0.2) is 11.6 Å². The van der Waals surface area contributed by atoms with Crippen LogP contribution in [0.5, 0.6) is 0 Å². The molecule has 16 aromatic rings. The van der Waals surface area contributed by atoms with Gasteiger partial charge in [-0.15, -0.1) is 0 Å². The van der Waals surface area contributed by atoms with Crippen LogP contribution in [0.15, 0.2) is 400 Å². The lowest BCUT2D eigenvalue weighted by atomic mass is 9.85. The number of carbonyl (C=O) groups excluding carboxylic acids is 2. The summed E-state index contributed by atoms with van der Waals surface area (Å²) in [7, 11) is 0. The predicted molar refractivity (Wildman–Crippen MR) is 417 cm³/mol. The molecular weight excluding hydrogens is 1210 g/mol. The maximum Gasteiger partial charge on any atom is 0.193 e. The summed E-state index contributed by atoms with van der Waals surface area (Å²) in [5.74, 6) is -0.149.